The molecular formula is C15H12FN3OS. The zero-order chi connectivity index (χ0) is 14.7. The first-order valence-corrected chi connectivity index (χ1v) is 6.75. The van der Waals surface area contributed by atoms with Gasteiger partial charge in [0.2, 0.25) is 0 Å². The summed E-state index contributed by atoms with van der Waals surface area (Å²) in [5.74, 6) is 1.07. The van der Waals surface area contributed by atoms with Gasteiger partial charge in [0.25, 0.3) is 0 Å². The van der Waals surface area contributed by atoms with Crippen LogP contribution in [0.5, 0.6) is 5.75 Å². The van der Waals surface area contributed by atoms with Crippen LogP contribution in [0.2, 0.25) is 0 Å². The van der Waals surface area contributed by atoms with E-state index in [1.54, 1.807) is 16.7 Å². The van der Waals surface area contributed by atoms with Gasteiger partial charge < -0.3 is 4.74 Å². The SMILES string of the molecule is Fc1ccc(-n2c(COc3ccccc3)n[nH]c2=S)cc1. The molecular weight excluding hydrogens is 289 g/mol. The van der Waals surface area contributed by atoms with E-state index in [1.807, 2.05) is 30.3 Å². The number of nitrogens with zero attached hydrogens (tertiary/aromatic N) is 2. The molecule has 0 saturated heterocycles. The lowest BCUT2D eigenvalue weighted by atomic mass is 10.3. The van der Waals surface area contributed by atoms with E-state index in [0.717, 1.165) is 11.4 Å². The minimum atomic E-state index is -0.296. The quantitative estimate of drug-likeness (QED) is 0.748. The molecule has 0 aliphatic heterocycles. The second kappa shape index (κ2) is 5.88. The summed E-state index contributed by atoms with van der Waals surface area (Å²) in [6.07, 6.45) is 0. The van der Waals surface area contributed by atoms with Crippen LogP contribution >= 0.6 is 12.2 Å². The van der Waals surface area contributed by atoms with Crippen LogP contribution < -0.4 is 4.74 Å². The maximum absolute atomic E-state index is 13.0. The van der Waals surface area contributed by atoms with Gasteiger partial charge in [0.15, 0.2) is 10.6 Å². The Morgan fingerprint density at radius 3 is 2.52 bits per heavy atom. The number of aromatic nitrogens is 3. The number of rotatable bonds is 4. The molecule has 0 atom stereocenters. The Kier molecular flexibility index (Phi) is 3.79. The van der Waals surface area contributed by atoms with Gasteiger partial charge in [-0.25, -0.2) is 4.39 Å². The molecule has 4 nitrogen and oxygen atoms in total. The van der Waals surface area contributed by atoms with Gasteiger partial charge in [-0.2, -0.15) is 5.10 Å². The molecule has 1 heterocycles. The number of nitrogens with one attached hydrogen (secondary N) is 1. The number of hydrogen-bond donors (Lipinski definition) is 1. The Morgan fingerprint density at radius 2 is 1.81 bits per heavy atom. The zero-order valence-electron chi connectivity index (χ0n) is 11.0. The maximum atomic E-state index is 13.0. The zero-order valence-corrected chi connectivity index (χ0v) is 11.8. The molecule has 0 fully saturated rings. The highest BCUT2D eigenvalue weighted by Crippen LogP contribution is 2.15. The largest absolute Gasteiger partial charge is 0.486 e. The average Bonchev–Trinajstić information content (AvgIpc) is 2.88. The van der Waals surface area contributed by atoms with Gasteiger partial charge in [0.05, 0.1) is 0 Å². The molecule has 0 radical (unpaired) electrons. The molecule has 1 aromatic heterocycles. The highest BCUT2D eigenvalue weighted by Gasteiger charge is 2.09. The van der Waals surface area contributed by atoms with Crippen molar-refractivity contribution in [2.75, 3.05) is 0 Å². The van der Waals surface area contributed by atoms with E-state index >= 15 is 0 Å². The van der Waals surface area contributed by atoms with Crippen molar-refractivity contribution in [1.82, 2.24) is 14.8 Å². The van der Waals surface area contributed by atoms with Crippen molar-refractivity contribution < 1.29 is 9.13 Å². The monoisotopic (exact) mass is 301 g/mol. The molecule has 0 aliphatic rings. The Labute approximate surface area is 125 Å². The van der Waals surface area contributed by atoms with Gasteiger partial charge in [-0.05, 0) is 48.6 Å². The molecule has 2 aromatic carbocycles. The van der Waals surface area contributed by atoms with Gasteiger partial charge in [-0.15, -0.1) is 0 Å². The van der Waals surface area contributed by atoms with Gasteiger partial charge in [-0.1, -0.05) is 18.2 Å². The van der Waals surface area contributed by atoms with Crippen LogP contribution in [0, 0.1) is 10.6 Å². The lowest BCUT2D eigenvalue weighted by Crippen LogP contribution is -2.05. The van der Waals surface area contributed by atoms with E-state index < -0.39 is 0 Å². The highest BCUT2D eigenvalue weighted by molar-refractivity contribution is 7.71. The van der Waals surface area contributed by atoms with Crippen molar-refractivity contribution in [3.63, 3.8) is 0 Å². The fourth-order valence-corrected chi connectivity index (χ4v) is 2.20. The second-order valence-corrected chi connectivity index (χ2v) is 4.75. The molecule has 0 amide bonds. The number of para-hydroxylation sites is 1. The molecule has 3 aromatic rings. The third-order valence-corrected chi connectivity index (χ3v) is 3.21. The molecule has 0 unspecified atom stereocenters. The van der Waals surface area contributed by atoms with Crippen LogP contribution in [-0.2, 0) is 6.61 Å². The van der Waals surface area contributed by atoms with E-state index in [0.29, 0.717) is 10.6 Å². The average molecular weight is 301 g/mol. The first-order chi connectivity index (χ1) is 10.2. The predicted molar refractivity (Wildman–Crippen MR) is 79.5 cm³/mol. The molecule has 6 heteroatoms. The molecule has 21 heavy (non-hydrogen) atoms. The van der Waals surface area contributed by atoms with Crippen molar-refractivity contribution in [3.05, 3.63) is 71.0 Å². The summed E-state index contributed by atoms with van der Waals surface area (Å²) in [5, 5.41) is 6.89. The third-order valence-electron chi connectivity index (χ3n) is 2.94. The van der Waals surface area contributed by atoms with Crippen LogP contribution in [0.15, 0.2) is 54.6 Å². The van der Waals surface area contributed by atoms with E-state index in [2.05, 4.69) is 10.2 Å². The van der Waals surface area contributed by atoms with Crippen molar-refractivity contribution in [2.24, 2.45) is 0 Å². The van der Waals surface area contributed by atoms with Gasteiger partial charge >= 0.3 is 0 Å². The van der Waals surface area contributed by atoms with Crippen LogP contribution in [0.1, 0.15) is 5.82 Å². The Bertz CT molecular complexity index is 781. The molecule has 0 bridgehead atoms. The van der Waals surface area contributed by atoms with E-state index in [9.17, 15) is 4.39 Å². The fourth-order valence-electron chi connectivity index (χ4n) is 1.95. The summed E-state index contributed by atoms with van der Waals surface area (Å²) in [6.45, 7) is 0.258. The second-order valence-electron chi connectivity index (χ2n) is 4.36. The smallest absolute Gasteiger partial charge is 0.199 e. The number of hydrogen-bond acceptors (Lipinski definition) is 3. The van der Waals surface area contributed by atoms with Gasteiger partial charge in [0.1, 0.15) is 18.2 Å². The number of ether oxygens (including phenoxy) is 1. The lowest BCUT2D eigenvalue weighted by Gasteiger charge is -2.08. The fraction of sp³-hybridized carbons (Fsp3) is 0.0667. The predicted octanol–water partition coefficient (Wildman–Crippen LogP) is 3.65. The first kappa shape index (κ1) is 13.5. The highest BCUT2D eigenvalue weighted by atomic mass is 32.1. The third kappa shape index (κ3) is 3.00. The number of benzene rings is 2. The summed E-state index contributed by atoms with van der Waals surface area (Å²) in [7, 11) is 0. The summed E-state index contributed by atoms with van der Waals surface area (Å²) < 4.78 is 20.8. The summed E-state index contributed by atoms with van der Waals surface area (Å²) in [5.41, 5.74) is 0.738. The van der Waals surface area contributed by atoms with Gasteiger partial charge in [0, 0.05) is 5.69 Å². The van der Waals surface area contributed by atoms with Crippen molar-refractivity contribution in [2.45, 2.75) is 6.61 Å². The van der Waals surface area contributed by atoms with Crippen LogP contribution in [0.25, 0.3) is 5.69 Å². The first-order valence-electron chi connectivity index (χ1n) is 6.34. The van der Waals surface area contributed by atoms with Crippen molar-refractivity contribution in [3.8, 4) is 11.4 Å². The normalized spacial score (nSPS) is 10.5. The number of H-pyrrole nitrogens is 1. The lowest BCUT2D eigenvalue weighted by molar-refractivity contribution is 0.293. The molecule has 0 aliphatic carbocycles. The molecule has 106 valence electrons. The minimum Gasteiger partial charge on any atom is -0.486 e. The molecule has 0 spiro atoms. The van der Waals surface area contributed by atoms with Gasteiger partial charge in [-0.3, -0.25) is 9.67 Å². The Hall–Kier alpha value is -2.47. The number of aromatic amines is 1. The van der Waals surface area contributed by atoms with Crippen LogP contribution in [-0.4, -0.2) is 14.8 Å². The van der Waals surface area contributed by atoms with Crippen LogP contribution in [0.3, 0.4) is 0 Å². The Morgan fingerprint density at radius 1 is 1.10 bits per heavy atom. The molecule has 1 N–H and O–H groups in total. The van der Waals surface area contributed by atoms with Crippen molar-refractivity contribution >= 4 is 12.2 Å². The standard InChI is InChI=1S/C15H12FN3OS/c16-11-6-8-12(9-7-11)19-14(17-18-15(19)21)10-20-13-4-2-1-3-5-13/h1-9H,10H2,(H,18,21). The van der Waals surface area contributed by atoms with E-state index in [4.69, 9.17) is 17.0 Å². The molecule has 3 rings (SSSR count). The summed E-state index contributed by atoms with van der Waals surface area (Å²) >= 11 is 5.21. The van der Waals surface area contributed by atoms with Crippen LogP contribution in [0.4, 0.5) is 4.39 Å². The Balaban J connectivity index is 1.87. The summed E-state index contributed by atoms with van der Waals surface area (Å²) in [4.78, 5) is 0. The maximum Gasteiger partial charge on any atom is 0.199 e. The van der Waals surface area contributed by atoms with E-state index in [1.165, 1.54) is 12.1 Å². The number of halogens is 1. The minimum absolute atomic E-state index is 0.258. The topological polar surface area (TPSA) is 42.8 Å². The van der Waals surface area contributed by atoms with E-state index in [-0.39, 0.29) is 12.4 Å². The molecule has 0 saturated carbocycles. The van der Waals surface area contributed by atoms with Crippen molar-refractivity contribution in [1.29, 1.82) is 0 Å². The summed E-state index contributed by atoms with van der Waals surface area (Å²) in [6, 6.07) is 15.5.